The lowest BCUT2D eigenvalue weighted by molar-refractivity contribution is -0.124. The van der Waals surface area contributed by atoms with E-state index in [1.165, 1.54) is 53.4 Å². The lowest BCUT2D eigenvalue weighted by atomic mass is 10.1. The summed E-state index contributed by atoms with van der Waals surface area (Å²) in [5.41, 5.74) is 2.28. The second-order valence-corrected chi connectivity index (χ2v) is 7.82. The first-order valence-corrected chi connectivity index (χ1v) is 10.3. The van der Waals surface area contributed by atoms with Gasteiger partial charge in [0, 0.05) is 12.2 Å². The smallest absolute Gasteiger partial charge is 0.326 e. The lowest BCUT2D eigenvalue weighted by Gasteiger charge is -2.21. The van der Waals surface area contributed by atoms with E-state index in [9.17, 15) is 23.2 Å². The predicted molar refractivity (Wildman–Crippen MR) is 119 cm³/mol. The summed E-state index contributed by atoms with van der Waals surface area (Å²) in [6, 6.07) is 16.2. The zero-order valence-electron chi connectivity index (χ0n) is 17.8. The first-order valence-electron chi connectivity index (χ1n) is 10.3. The zero-order valence-corrected chi connectivity index (χ0v) is 17.8. The highest BCUT2D eigenvalue weighted by Crippen LogP contribution is 2.29. The molecule has 3 aromatic carbocycles. The molecule has 3 aromatic rings. The largest absolute Gasteiger partial charge is 0.332 e. The van der Waals surface area contributed by atoms with Crippen LogP contribution in [-0.2, 0) is 16.1 Å². The number of amides is 4. The molecule has 1 aliphatic heterocycles. The van der Waals surface area contributed by atoms with Gasteiger partial charge < -0.3 is 10.2 Å². The summed E-state index contributed by atoms with van der Waals surface area (Å²) in [6.07, 6.45) is -0.286. The highest BCUT2D eigenvalue weighted by molar-refractivity contribution is 6.22. The van der Waals surface area contributed by atoms with Gasteiger partial charge in [-0.2, -0.15) is 0 Å². The normalized spacial score (nSPS) is 15.8. The zero-order chi connectivity index (χ0) is 23.5. The summed E-state index contributed by atoms with van der Waals surface area (Å²) < 4.78 is 26.5. The standard InChI is InChI=1S/C25H21F2N3O3/c1-16-3-2-4-21(13-16)30-24(32)22(14-23(31)28-20-11-9-19(27)10-12-20)29(25(30)33)15-17-5-7-18(26)8-6-17/h2-13,22H,14-15H2,1H3,(H,28,31). The Morgan fingerprint density at radius 2 is 1.58 bits per heavy atom. The monoisotopic (exact) mass is 449 g/mol. The number of nitrogens with zero attached hydrogens (tertiary/aromatic N) is 2. The molecule has 0 radical (unpaired) electrons. The summed E-state index contributed by atoms with van der Waals surface area (Å²) in [6.45, 7) is 1.88. The number of hydrogen-bond acceptors (Lipinski definition) is 3. The van der Waals surface area contributed by atoms with E-state index in [2.05, 4.69) is 5.32 Å². The fourth-order valence-corrected chi connectivity index (χ4v) is 3.73. The van der Waals surface area contributed by atoms with Crippen molar-refractivity contribution in [2.24, 2.45) is 0 Å². The van der Waals surface area contributed by atoms with E-state index >= 15 is 0 Å². The molecule has 1 heterocycles. The molecule has 0 saturated carbocycles. The number of rotatable bonds is 6. The van der Waals surface area contributed by atoms with Crippen LogP contribution in [0.1, 0.15) is 17.5 Å². The predicted octanol–water partition coefficient (Wildman–Crippen LogP) is 4.64. The molecular weight excluding hydrogens is 428 g/mol. The third kappa shape index (κ3) is 4.90. The van der Waals surface area contributed by atoms with Gasteiger partial charge in [0.25, 0.3) is 5.91 Å². The molecule has 0 spiro atoms. The molecule has 0 bridgehead atoms. The molecule has 1 atom stereocenters. The summed E-state index contributed by atoms with van der Waals surface area (Å²) >= 11 is 0. The van der Waals surface area contributed by atoms with Crippen LogP contribution >= 0.6 is 0 Å². The van der Waals surface area contributed by atoms with Gasteiger partial charge in [-0.05, 0) is 66.6 Å². The second-order valence-electron chi connectivity index (χ2n) is 7.82. The topological polar surface area (TPSA) is 69.7 Å². The third-order valence-electron chi connectivity index (χ3n) is 5.35. The Bertz CT molecular complexity index is 1200. The van der Waals surface area contributed by atoms with E-state index in [0.29, 0.717) is 16.9 Å². The van der Waals surface area contributed by atoms with Crippen LogP contribution in [0.5, 0.6) is 0 Å². The number of aryl methyl sites for hydroxylation is 1. The number of anilines is 2. The molecule has 33 heavy (non-hydrogen) atoms. The SMILES string of the molecule is Cc1cccc(N2C(=O)C(CC(=O)Nc3ccc(F)cc3)N(Cc3ccc(F)cc3)C2=O)c1. The minimum atomic E-state index is -1.05. The number of nitrogens with one attached hydrogen (secondary N) is 1. The molecule has 0 aromatic heterocycles. The van der Waals surface area contributed by atoms with E-state index in [1.807, 2.05) is 13.0 Å². The van der Waals surface area contributed by atoms with Crippen LogP contribution in [0.25, 0.3) is 0 Å². The molecule has 6 nitrogen and oxygen atoms in total. The Balaban J connectivity index is 1.60. The molecular formula is C25H21F2N3O3. The van der Waals surface area contributed by atoms with Gasteiger partial charge in [0.15, 0.2) is 0 Å². The Labute approximate surface area is 189 Å². The van der Waals surface area contributed by atoms with Gasteiger partial charge in [0.2, 0.25) is 5.91 Å². The molecule has 1 fully saturated rings. The van der Waals surface area contributed by atoms with Crippen LogP contribution in [0.2, 0.25) is 0 Å². The van der Waals surface area contributed by atoms with Crippen molar-refractivity contribution >= 4 is 29.2 Å². The summed E-state index contributed by atoms with van der Waals surface area (Å²) in [5, 5.41) is 2.62. The molecule has 4 amide bonds. The molecule has 4 rings (SSSR count). The Kier molecular flexibility index (Phi) is 6.17. The summed E-state index contributed by atoms with van der Waals surface area (Å²) in [5.74, 6) is -1.88. The summed E-state index contributed by atoms with van der Waals surface area (Å²) in [4.78, 5) is 41.6. The first kappa shape index (κ1) is 22.1. The molecule has 168 valence electrons. The number of halogens is 2. The average molecular weight is 449 g/mol. The van der Waals surface area contributed by atoms with Crippen molar-refractivity contribution in [1.29, 1.82) is 0 Å². The number of benzene rings is 3. The van der Waals surface area contributed by atoms with E-state index < -0.39 is 35.5 Å². The van der Waals surface area contributed by atoms with E-state index in [4.69, 9.17) is 0 Å². The fourth-order valence-electron chi connectivity index (χ4n) is 3.73. The number of hydrogen-bond donors (Lipinski definition) is 1. The Morgan fingerprint density at radius 1 is 0.939 bits per heavy atom. The van der Waals surface area contributed by atoms with Crippen LogP contribution in [0, 0.1) is 18.6 Å². The van der Waals surface area contributed by atoms with Crippen molar-refractivity contribution in [2.75, 3.05) is 10.2 Å². The molecule has 1 unspecified atom stereocenters. The minimum absolute atomic E-state index is 0.0294. The Morgan fingerprint density at radius 3 is 2.21 bits per heavy atom. The number of carbonyl (C=O) groups is 3. The van der Waals surface area contributed by atoms with Crippen LogP contribution in [0.4, 0.5) is 25.0 Å². The van der Waals surface area contributed by atoms with Gasteiger partial charge in [-0.25, -0.2) is 18.5 Å². The molecule has 1 aliphatic rings. The van der Waals surface area contributed by atoms with Crippen molar-refractivity contribution in [3.05, 3.63) is 95.6 Å². The second kappa shape index (κ2) is 9.20. The van der Waals surface area contributed by atoms with E-state index in [-0.39, 0.29) is 13.0 Å². The maximum Gasteiger partial charge on any atom is 0.332 e. The third-order valence-corrected chi connectivity index (χ3v) is 5.35. The van der Waals surface area contributed by atoms with Crippen molar-refractivity contribution in [2.45, 2.75) is 25.9 Å². The van der Waals surface area contributed by atoms with Crippen molar-refractivity contribution in [1.82, 2.24) is 4.90 Å². The Hall–Kier alpha value is -4.07. The molecule has 1 saturated heterocycles. The van der Waals surface area contributed by atoms with Gasteiger partial charge in [-0.1, -0.05) is 24.3 Å². The van der Waals surface area contributed by atoms with Crippen LogP contribution in [0.15, 0.2) is 72.8 Å². The van der Waals surface area contributed by atoms with Crippen LogP contribution in [-0.4, -0.2) is 28.8 Å². The van der Waals surface area contributed by atoms with Gasteiger partial charge in [0.1, 0.15) is 17.7 Å². The summed E-state index contributed by atoms with van der Waals surface area (Å²) in [7, 11) is 0. The average Bonchev–Trinajstić information content (AvgIpc) is 3.00. The van der Waals surface area contributed by atoms with Crippen molar-refractivity contribution < 1.29 is 23.2 Å². The first-order chi connectivity index (χ1) is 15.8. The lowest BCUT2D eigenvalue weighted by Crippen LogP contribution is -2.37. The highest BCUT2D eigenvalue weighted by atomic mass is 19.1. The molecule has 8 heteroatoms. The van der Waals surface area contributed by atoms with Gasteiger partial charge in [-0.3, -0.25) is 9.59 Å². The van der Waals surface area contributed by atoms with Gasteiger partial charge >= 0.3 is 6.03 Å². The van der Waals surface area contributed by atoms with Gasteiger partial charge in [0.05, 0.1) is 12.1 Å². The number of imide groups is 1. The highest BCUT2D eigenvalue weighted by Gasteiger charge is 2.46. The fraction of sp³-hybridized carbons (Fsp3) is 0.160. The maximum absolute atomic E-state index is 13.3. The van der Waals surface area contributed by atoms with Gasteiger partial charge in [-0.15, -0.1) is 0 Å². The maximum atomic E-state index is 13.3. The van der Waals surface area contributed by atoms with Crippen LogP contribution in [0.3, 0.4) is 0 Å². The van der Waals surface area contributed by atoms with E-state index in [0.717, 1.165) is 10.5 Å². The number of urea groups is 1. The molecule has 1 N–H and O–H groups in total. The van der Waals surface area contributed by atoms with Crippen LogP contribution < -0.4 is 10.2 Å². The van der Waals surface area contributed by atoms with Crippen molar-refractivity contribution in [3.63, 3.8) is 0 Å². The quantitative estimate of drug-likeness (QED) is 0.558. The molecule has 0 aliphatic carbocycles. The minimum Gasteiger partial charge on any atom is -0.326 e. The van der Waals surface area contributed by atoms with Crippen molar-refractivity contribution in [3.8, 4) is 0 Å². The van der Waals surface area contributed by atoms with E-state index in [1.54, 1.807) is 18.2 Å². The number of carbonyl (C=O) groups excluding carboxylic acids is 3.